The van der Waals surface area contributed by atoms with Crippen LogP contribution >= 0.6 is 11.8 Å². The maximum atomic E-state index is 11.2. The number of pyridine rings is 1. The Kier molecular flexibility index (Phi) is 4.64. The molecule has 0 radical (unpaired) electrons. The molecule has 0 atom stereocenters. The van der Waals surface area contributed by atoms with Gasteiger partial charge >= 0.3 is 5.69 Å². The van der Waals surface area contributed by atoms with E-state index in [2.05, 4.69) is 4.98 Å². The van der Waals surface area contributed by atoms with E-state index in [-0.39, 0.29) is 5.69 Å². The van der Waals surface area contributed by atoms with Crippen molar-refractivity contribution in [3.05, 3.63) is 46.1 Å². The molecule has 0 bridgehead atoms. The number of hydrogen-bond donors (Lipinski definition) is 0. The zero-order chi connectivity index (χ0) is 15.4. The third kappa shape index (κ3) is 3.25. The summed E-state index contributed by atoms with van der Waals surface area (Å²) in [5.74, 6) is 1.17. The topological polar surface area (TPSA) is 74.5 Å². The Balaban J connectivity index is 2.39. The average molecular weight is 306 g/mol. The Labute approximate surface area is 126 Å². The van der Waals surface area contributed by atoms with E-state index in [1.54, 1.807) is 51.6 Å². The van der Waals surface area contributed by atoms with Crippen molar-refractivity contribution in [3.8, 4) is 11.5 Å². The van der Waals surface area contributed by atoms with Gasteiger partial charge in [-0.1, -0.05) is 11.8 Å². The molecule has 0 fully saturated rings. The van der Waals surface area contributed by atoms with Crippen LogP contribution in [-0.4, -0.2) is 24.1 Å². The minimum absolute atomic E-state index is 0.0253. The minimum atomic E-state index is -0.411. The average Bonchev–Trinajstić information content (AvgIpc) is 2.46. The van der Waals surface area contributed by atoms with Crippen molar-refractivity contribution in [2.45, 2.75) is 16.8 Å². The molecule has 2 aromatic rings. The van der Waals surface area contributed by atoms with E-state index in [0.29, 0.717) is 22.1 Å². The van der Waals surface area contributed by atoms with Crippen molar-refractivity contribution in [2.24, 2.45) is 0 Å². The molecule has 0 N–H and O–H groups in total. The number of benzene rings is 1. The van der Waals surface area contributed by atoms with Crippen LogP contribution in [0.1, 0.15) is 5.56 Å². The largest absolute Gasteiger partial charge is 0.493 e. The zero-order valence-electron chi connectivity index (χ0n) is 11.8. The first-order chi connectivity index (χ1) is 10.1. The van der Waals surface area contributed by atoms with Crippen LogP contribution in [0.4, 0.5) is 5.69 Å². The zero-order valence-corrected chi connectivity index (χ0v) is 12.6. The van der Waals surface area contributed by atoms with E-state index in [1.165, 1.54) is 11.8 Å². The Hall–Kier alpha value is -2.28. The molecule has 0 aliphatic carbocycles. The van der Waals surface area contributed by atoms with Crippen molar-refractivity contribution in [1.82, 2.24) is 4.98 Å². The monoisotopic (exact) mass is 306 g/mol. The molecular formula is C14H14N2O4S. The van der Waals surface area contributed by atoms with Crippen LogP contribution in [0.2, 0.25) is 0 Å². The van der Waals surface area contributed by atoms with Crippen molar-refractivity contribution < 1.29 is 14.4 Å². The minimum Gasteiger partial charge on any atom is -0.493 e. The van der Waals surface area contributed by atoms with E-state index in [0.717, 1.165) is 4.90 Å². The first kappa shape index (κ1) is 15.1. The van der Waals surface area contributed by atoms with Gasteiger partial charge in [0.1, 0.15) is 0 Å². The van der Waals surface area contributed by atoms with Crippen molar-refractivity contribution in [3.63, 3.8) is 0 Å². The van der Waals surface area contributed by atoms with Gasteiger partial charge in [-0.2, -0.15) is 0 Å². The molecule has 0 aliphatic heterocycles. The van der Waals surface area contributed by atoms with E-state index < -0.39 is 4.92 Å². The second-order valence-electron chi connectivity index (χ2n) is 4.16. The van der Waals surface area contributed by atoms with Gasteiger partial charge in [-0.05, 0) is 31.2 Å². The van der Waals surface area contributed by atoms with Crippen LogP contribution in [0.15, 0.2) is 40.4 Å². The molecule has 0 saturated heterocycles. The van der Waals surface area contributed by atoms with E-state index >= 15 is 0 Å². The van der Waals surface area contributed by atoms with Crippen LogP contribution < -0.4 is 9.47 Å². The van der Waals surface area contributed by atoms with Crippen LogP contribution in [0.5, 0.6) is 11.5 Å². The molecule has 7 heteroatoms. The number of aromatic nitrogens is 1. The van der Waals surface area contributed by atoms with Gasteiger partial charge in [0.05, 0.1) is 19.1 Å². The highest BCUT2D eigenvalue weighted by atomic mass is 32.2. The molecule has 2 rings (SSSR count). The van der Waals surface area contributed by atoms with Gasteiger partial charge in [-0.3, -0.25) is 10.1 Å². The predicted molar refractivity (Wildman–Crippen MR) is 79.3 cm³/mol. The maximum Gasteiger partial charge on any atom is 0.304 e. The van der Waals surface area contributed by atoms with E-state index in [1.807, 2.05) is 0 Å². The highest BCUT2D eigenvalue weighted by molar-refractivity contribution is 7.99. The predicted octanol–water partition coefficient (Wildman–Crippen LogP) is 3.47. The molecular weight excluding hydrogens is 292 g/mol. The van der Waals surface area contributed by atoms with Crippen molar-refractivity contribution in [2.75, 3.05) is 14.2 Å². The number of rotatable bonds is 5. The third-order valence-electron chi connectivity index (χ3n) is 2.84. The number of aryl methyl sites for hydroxylation is 1. The van der Waals surface area contributed by atoms with Crippen LogP contribution in [-0.2, 0) is 0 Å². The van der Waals surface area contributed by atoms with Crippen LogP contribution in [0.3, 0.4) is 0 Å². The second kappa shape index (κ2) is 6.45. The Morgan fingerprint density at radius 3 is 2.52 bits per heavy atom. The summed E-state index contributed by atoms with van der Waals surface area (Å²) in [7, 11) is 3.09. The fourth-order valence-electron chi connectivity index (χ4n) is 1.81. The molecule has 0 unspecified atom stereocenters. The summed E-state index contributed by atoms with van der Waals surface area (Å²) in [5, 5.41) is 11.5. The van der Waals surface area contributed by atoms with Crippen LogP contribution in [0.25, 0.3) is 0 Å². The number of methoxy groups -OCH3 is 2. The lowest BCUT2D eigenvalue weighted by atomic mass is 10.3. The lowest BCUT2D eigenvalue weighted by molar-refractivity contribution is -0.388. The van der Waals surface area contributed by atoms with Gasteiger partial charge in [0.2, 0.25) is 0 Å². The standard InChI is InChI=1S/C14H14N2O4S/c1-9-6-7-15-14(13(9)16(17)18)21-10-4-5-11(19-2)12(8-10)20-3/h4-8H,1-3H3. The summed E-state index contributed by atoms with van der Waals surface area (Å²) in [6, 6.07) is 6.94. The summed E-state index contributed by atoms with van der Waals surface area (Å²) in [5.41, 5.74) is 0.607. The number of ether oxygens (including phenoxy) is 2. The lowest BCUT2D eigenvalue weighted by Crippen LogP contribution is -1.96. The smallest absolute Gasteiger partial charge is 0.304 e. The van der Waals surface area contributed by atoms with Crippen molar-refractivity contribution >= 4 is 17.4 Å². The summed E-state index contributed by atoms with van der Waals surface area (Å²) in [4.78, 5) is 15.6. The normalized spacial score (nSPS) is 10.2. The first-order valence-electron chi connectivity index (χ1n) is 6.06. The quantitative estimate of drug-likeness (QED) is 0.622. The Morgan fingerprint density at radius 1 is 1.19 bits per heavy atom. The van der Waals surface area contributed by atoms with Gasteiger partial charge in [0, 0.05) is 16.7 Å². The number of hydrogen-bond acceptors (Lipinski definition) is 6. The fourth-order valence-corrected chi connectivity index (χ4v) is 2.79. The molecule has 0 spiro atoms. The molecule has 0 amide bonds. The lowest BCUT2D eigenvalue weighted by Gasteiger charge is -2.09. The molecule has 0 saturated carbocycles. The maximum absolute atomic E-state index is 11.2. The molecule has 110 valence electrons. The SMILES string of the molecule is COc1ccc(Sc2nccc(C)c2[N+](=O)[O-])cc1OC. The highest BCUT2D eigenvalue weighted by Crippen LogP contribution is 2.38. The van der Waals surface area contributed by atoms with Gasteiger partial charge in [-0.25, -0.2) is 4.98 Å². The van der Waals surface area contributed by atoms with E-state index in [9.17, 15) is 10.1 Å². The van der Waals surface area contributed by atoms with Gasteiger partial charge in [-0.15, -0.1) is 0 Å². The number of nitro groups is 1. The van der Waals surface area contributed by atoms with Crippen molar-refractivity contribution in [1.29, 1.82) is 0 Å². The van der Waals surface area contributed by atoms with Gasteiger partial charge in [0.25, 0.3) is 0 Å². The summed E-state index contributed by atoms with van der Waals surface area (Å²) < 4.78 is 10.4. The van der Waals surface area contributed by atoms with E-state index in [4.69, 9.17) is 9.47 Å². The first-order valence-corrected chi connectivity index (χ1v) is 6.88. The highest BCUT2D eigenvalue weighted by Gasteiger charge is 2.19. The second-order valence-corrected chi connectivity index (χ2v) is 5.22. The Morgan fingerprint density at radius 2 is 1.90 bits per heavy atom. The molecule has 0 aliphatic rings. The number of nitrogens with zero attached hydrogens (tertiary/aromatic N) is 2. The Bertz CT molecular complexity index is 676. The summed E-state index contributed by atoms with van der Waals surface area (Å²) >= 11 is 1.22. The third-order valence-corrected chi connectivity index (χ3v) is 3.83. The molecule has 21 heavy (non-hydrogen) atoms. The van der Waals surface area contributed by atoms with Gasteiger partial charge in [0.15, 0.2) is 16.5 Å². The van der Waals surface area contributed by atoms with Gasteiger partial charge < -0.3 is 9.47 Å². The van der Waals surface area contributed by atoms with Crippen LogP contribution in [0, 0.1) is 17.0 Å². The fraction of sp³-hybridized carbons (Fsp3) is 0.214. The molecule has 1 heterocycles. The summed E-state index contributed by atoms with van der Waals surface area (Å²) in [6.07, 6.45) is 1.56. The summed E-state index contributed by atoms with van der Waals surface area (Å²) in [6.45, 7) is 1.69. The molecule has 1 aromatic heterocycles. The molecule has 1 aromatic carbocycles. The molecule has 6 nitrogen and oxygen atoms in total.